The van der Waals surface area contributed by atoms with Crippen molar-refractivity contribution < 1.29 is 22.4 Å². The molecule has 0 unspecified atom stereocenters. The predicted octanol–water partition coefficient (Wildman–Crippen LogP) is 3.13. The third-order valence-electron chi connectivity index (χ3n) is 5.17. The topological polar surface area (TPSA) is 109 Å². The number of anilines is 1. The van der Waals surface area contributed by atoms with Crippen LogP contribution < -0.4 is 10.0 Å². The fourth-order valence-electron chi connectivity index (χ4n) is 3.49. The smallest absolute Gasteiger partial charge is 0.255 e. The van der Waals surface area contributed by atoms with Crippen LogP contribution in [0.1, 0.15) is 34.5 Å². The quantitative estimate of drug-likeness (QED) is 0.545. The van der Waals surface area contributed by atoms with E-state index in [4.69, 9.17) is 4.42 Å². The second kappa shape index (κ2) is 9.37. The number of nitrogens with one attached hydrogen (secondary N) is 2. The summed E-state index contributed by atoms with van der Waals surface area (Å²) >= 11 is 0. The Bertz CT molecular complexity index is 1200. The Morgan fingerprint density at radius 3 is 2.56 bits per heavy atom. The van der Waals surface area contributed by atoms with Gasteiger partial charge in [0.1, 0.15) is 5.76 Å². The van der Waals surface area contributed by atoms with E-state index < -0.39 is 10.0 Å². The normalized spacial score (nSPS) is 14.0. The Morgan fingerprint density at radius 1 is 1.06 bits per heavy atom. The standard InChI is InChI=1S/C23H23N3O5S/c27-22-7-2-12-26(22)16-17-4-1-5-18(14-17)23(28)25-19-8-10-21(11-9-19)32(29,30)24-15-20-6-3-13-31-20/h1,3-6,8-11,13-14,24H,2,7,12,15-16H2,(H,25,28). The fraction of sp³-hybridized carbons (Fsp3) is 0.217. The van der Waals surface area contributed by atoms with Crippen LogP contribution in [-0.4, -0.2) is 31.7 Å². The number of sulfonamides is 1. The van der Waals surface area contributed by atoms with E-state index in [0.717, 1.165) is 18.5 Å². The van der Waals surface area contributed by atoms with Crippen molar-refractivity contribution in [3.63, 3.8) is 0 Å². The Kier molecular flexibility index (Phi) is 6.38. The Hall–Kier alpha value is -3.43. The number of hydrogen-bond acceptors (Lipinski definition) is 5. The van der Waals surface area contributed by atoms with Crippen LogP contribution in [0.3, 0.4) is 0 Å². The minimum Gasteiger partial charge on any atom is -0.468 e. The lowest BCUT2D eigenvalue weighted by atomic mass is 10.1. The molecule has 0 atom stereocenters. The first-order chi connectivity index (χ1) is 15.4. The lowest BCUT2D eigenvalue weighted by molar-refractivity contribution is -0.128. The van der Waals surface area contributed by atoms with Crippen molar-refractivity contribution in [3.05, 3.63) is 83.8 Å². The van der Waals surface area contributed by atoms with Gasteiger partial charge in [0.2, 0.25) is 15.9 Å². The molecule has 3 aromatic rings. The van der Waals surface area contributed by atoms with E-state index in [-0.39, 0.29) is 23.3 Å². The van der Waals surface area contributed by atoms with Gasteiger partial charge in [0.05, 0.1) is 17.7 Å². The molecule has 2 heterocycles. The van der Waals surface area contributed by atoms with Crippen LogP contribution in [-0.2, 0) is 27.9 Å². The largest absolute Gasteiger partial charge is 0.468 e. The molecule has 4 rings (SSSR count). The first-order valence-corrected chi connectivity index (χ1v) is 11.7. The van der Waals surface area contributed by atoms with Gasteiger partial charge in [-0.3, -0.25) is 9.59 Å². The molecule has 166 valence electrons. The van der Waals surface area contributed by atoms with Crippen LogP contribution in [0.15, 0.2) is 76.2 Å². The summed E-state index contributed by atoms with van der Waals surface area (Å²) in [5, 5.41) is 2.77. The summed E-state index contributed by atoms with van der Waals surface area (Å²) < 4.78 is 32.4. The summed E-state index contributed by atoms with van der Waals surface area (Å²) in [6, 6.07) is 16.4. The van der Waals surface area contributed by atoms with Crippen molar-refractivity contribution >= 4 is 27.5 Å². The second-order valence-electron chi connectivity index (χ2n) is 7.50. The summed E-state index contributed by atoms with van der Waals surface area (Å²) in [6.45, 7) is 1.27. The number of amides is 2. The van der Waals surface area contributed by atoms with Gasteiger partial charge in [-0.05, 0) is 60.5 Å². The summed E-state index contributed by atoms with van der Waals surface area (Å²) in [6.07, 6.45) is 2.91. The Balaban J connectivity index is 1.38. The fourth-order valence-corrected chi connectivity index (χ4v) is 4.48. The summed E-state index contributed by atoms with van der Waals surface area (Å²) in [4.78, 5) is 26.4. The van der Waals surface area contributed by atoms with E-state index in [0.29, 0.717) is 30.0 Å². The maximum Gasteiger partial charge on any atom is 0.255 e. The molecule has 32 heavy (non-hydrogen) atoms. The predicted molar refractivity (Wildman–Crippen MR) is 118 cm³/mol. The van der Waals surface area contributed by atoms with Crippen molar-refractivity contribution in [2.24, 2.45) is 0 Å². The van der Waals surface area contributed by atoms with Gasteiger partial charge in [0, 0.05) is 30.8 Å². The summed E-state index contributed by atoms with van der Waals surface area (Å²) in [7, 11) is -3.71. The number of nitrogens with zero attached hydrogens (tertiary/aromatic N) is 1. The van der Waals surface area contributed by atoms with Gasteiger partial charge in [-0.2, -0.15) is 0 Å². The van der Waals surface area contributed by atoms with Gasteiger partial charge in [-0.1, -0.05) is 12.1 Å². The number of carbonyl (C=O) groups is 2. The molecule has 0 aliphatic carbocycles. The van der Waals surface area contributed by atoms with Crippen LogP contribution in [0.2, 0.25) is 0 Å². The van der Waals surface area contributed by atoms with E-state index in [1.165, 1.54) is 30.5 Å². The molecule has 0 spiro atoms. The first-order valence-electron chi connectivity index (χ1n) is 10.2. The van der Waals surface area contributed by atoms with Crippen molar-refractivity contribution in [1.82, 2.24) is 9.62 Å². The third kappa shape index (κ3) is 5.24. The summed E-state index contributed by atoms with van der Waals surface area (Å²) in [5.41, 5.74) is 1.82. The SMILES string of the molecule is O=C(Nc1ccc(S(=O)(=O)NCc2ccco2)cc1)c1cccc(CN2CCCC2=O)c1. The highest BCUT2D eigenvalue weighted by Crippen LogP contribution is 2.18. The molecule has 1 fully saturated rings. The summed E-state index contributed by atoms with van der Waals surface area (Å²) in [5.74, 6) is 0.327. The average molecular weight is 454 g/mol. The molecule has 0 saturated carbocycles. The van der Waals surface area contributed by atoms with Crippen LogP contribution in [0, 0.1) is 0 Å². The van der Waals surface area contributed by atoms with Crippen LogP contribution in [0.25, 0.3) is 0 Å². The highest BCUT2D eigenvalue weighted by atomic mass is 32.2. The zero-order valence-corrected chi connectivity index (χ0v) is 18.1. The first kappa shape index (κ1) is 21.8. The molecule has 9 heteroatoms. The number of benzene rings is 2. The molecule has 0 bridgehead atoms. The second-order valence-corrected chi connectivity index (χ2v) is 9.27. The van der Waals surface area contributed by atoms with Crippen molar-refractivity contribution in [3.8, 4) is 0 Å². The van der Waals surface area contributed by atoms with Crippen molar-refractivity contribution in [2.45, 2.75) is 30.8 Å². The molecule has 1 saturated heterocycles. The van der Waals surface area contributed by atoms with Crippen LogP contribution in [0.4, 0.5) is 5.69 Å². The van der Waals surface area contributed by atoms with E-state index in [9.17, 15) is 18.0 Å². The highest BCUT2D eigenvalue weighted by Gasteiger charge is 2.20. The van der Waals surface area contributed by atoms with Gasteiger partial charge < -0.3 is 14.6 Å². The monoisotopic (exact) mass is 453 g/mol. The Labute approximate surface area is 186 Å². The molecule has 8 nitrogen and oxygen atoms in total. The van der Waals surface area contributed by atoms with Gasteiger partial charge >= 0.3 is 0 Å². The van der Waals surface area contributed by atoms with E-state index >= 15 is 0 Å². The van der Waals surface area contributed by atoms with Gasteiger partial charge in [-0.25, -0.2) is 13.1 Å². The number of rotatable bonds is 8. The van der Waals surface area contributed by atoms with E-state index in [1.54, 1.807) is 35.2 Å². The Morgan fingerprint density at radius 2 is 1.88 bits per heavy atom. The number of hydrogen-bond donors (Lipinski definition) is 2. The van der Waals surface area contributed by atoms with Crippen molar-refractivity contribution in [2.75, 3.05) is 11.9 Å². The highest BCUT2D eigenvalue weighted by molar-refractivity contribution is 7.89. The number of furan rings is 1. The molecular weight excluding hydrogens is 430 g/mol. The average Bonchev–Trinajstić information content (AvgIpc) is 3.45. The third-order valence-corrected chi connectivity index (χ3v) is 6.59. The molecular formula is C23H23N3O5S. The molecule has 0 radical (unpaired) electrons. The molecule has 2 aromatic carbocycles. The minimum atomic E-state index is -3.71. The van der Waals surface area contributed by atoms with Crippen LogP contribution in [0.5, 0.6) is 0 Å². The maximum absolute atomic E-state index is 12.7. The maximum atomic E-state index is 12.7. The zero-order valence-electron chi connectivity index (χ0n) is 17.3. The molecule has 2 N–H and O–H groups in total. The molecule has 2 amide bonds. The zero-order chi connectivity index (χ0) is 22.6. The van der Waals surface area contributed by atoms with Crippen LogP contribution >= 0.6 is 0 Å². The van der Waals surface area contributed by atoms with Gasteiger partial charge in [0.15, 0.2) is 0 Å². The van der Waals surface area contributed by atoms with Gasteiger partial charge in [-0.15, -0.1) is 0 Å². The molecule has 1 aliphatic heterocycles. The van der Waals surface area contributed by atoms with E-state index in [2.05, 4.69) is 10.0 Å². The van der Waals surface area contributed by atoms with E-state index in [1.807, 2.05) is 6.07 Å². The van der Waals surface area contributed by atoms with Gasteiger partial charge in [0.25, 0.3) is 5.91 Å². The van der Waals surface area contributed by atoms with Crippen molar-refractivity contribution in [1.29, 1.82) is 0 Å². The lowest BCUT2D eigenvalue weighted by Crippen LogP contribution is -2.24. The number of carbonyl (C=O) groups excluding carboxylic acids is 2. The number of likely N-dealkylation sites (tertiary alicyclic amines) is 1. The molecule has 1 aliphatic rings. The lowest BCUT2D eigenvalue weighted by Gasteiger charge is -2.16. The minimum absolute atomic E-state index is 0.0488. The molecule has 1 aromatic heterocycles.